The second kappa shape index (κ2) is 6.95. The van der Waals surface area contributed by atoms with Crippen molar-refractivity contribution in [2.45, 2.75) is 26.6 Å². The average Bonchev–Trinajstić information content (AvgIpc) is 2.87. The molecule has 112 valence electrons. The summed E-state index contributed by atoms with van der Waals surface area (Å²) in [4.78, 5) is 12.2. The van der Waals surface area contributed by atoms with Crippen LogP contribution in [-0.2, 0) is 24.4 Å². The van der Waals surface area contributed by atoms with Gasteiger partial charge in [0.25, 0.3) is 5.91 Å². The molecule has 0 fully saturated rings. The quantitative estimate of drug-likeness (QED) is 0.855. The number of benzene rings is 1. The summed E-state index contributed by atoms with van der Waals surface area (Å²) in [7, 11) is 1.66. The van der Waals surface area contributed by atoms with Gasteiger partial charge < -0.3 is 20.4 Å². The fraction of sp³-hybridized carbons (Fsp3) is 0.312. The number of hydrogen-bond donors (Lipinski definition) is 2. The SMILES string of the molecule is CCn1cc(N)cc1C(=O)NCc1cccc(COC)c1. The number of carbonyl (C=O) groups is 1. The Hall–Kier alpha value is -2.27. The number of rotatable bonds is 6. The Morgan fingerprint density at radius 3 is 2.81 bits per heavy atom. The number of carbonyl (C=O) groups excluding carboxylic acids is 1. The van der Waals surface area contributed by atoms with Gasteiger partial charge in [0.1, 0.15) is 5.69 Å². The average molecular weight is 287 g/mol. The minimum atomic E-state index is -0.120. The number of hydrogen-bond acceptors (Lipinski definition) is 3. The van der Waals surface area contributed by atoms with E-state index in [1.807, 2.05) is 35.8 Å². The van der Waals surface area contributed by atoms with Gasteiger partial charge in [-0.25, -0.2) is 0 Å². The van der Waals surface area contributed by atoms with Crippen LogP contribution in [0.3, 0.4) is 0 Å². The molecule has 0 atom stereocenters. The molecule has 0 aliphatic rings. The third kappa shape index (κ3) is 3.86. The maximum absolute atomic E-state index is 12.2. The molecule has 0 saturated carbocycles. The molecule has 1 heterocycles. The van der Waals surface area contributed by atoms with Gasteiger partial charge in [-0.15, -0.1) is 0 Å². The zero-order chi connectivity index (χ0) is 15.2. The van der Waals surface area contributed by atoms with Crippen LogP contribution in [0, 0.1) is 0 Å². The summed E-state index contributed by atoms with van der Waals surface area (Å²) in [6, 6.07) is 9.66. The number of nitrogens with one attached hydrogen (secondary N) is 1. The molecule has 0 spiro atoms. The van der Waals surface area contributed by atoms with Crippen LogP contribution in [0.2, 0.25) is 0 Å². The van der Waals surface area contributed by atoms with Crippen molar-refractivity contribution in [3.8, 4) is 0 Å². The van der Waals surface area contributed by atoms with Crippen LogP contribution in [0.25, 0.3) is 0 Å². The van der Waals surface area contributed by atoms with E-state index in [4.69, 9.17) is 10.5 Å². The molecule has 0 saturated heterocycles. The zero-order valence-corrected chi connectivity index (χ0v) is 12.4. The Kier molecular flexibility index (Phi) is 5.00. The predicted molar refractivity (Wildman–Crippen MR) is 82.8 cm³/mol. The number of nitrogens with two attached hydrogens (primary N) is 1. The van der Waals surface area contributed by atoms with Crippen LogP contribution < -0.4 is 11.1 Å². The first kappa shape index (κ1) is 15.1. The lowest BCUT2D eigenvalue weighted by Gasteiger charge is -2.09. The van der Waals surface area contributed by atoms with E-state index < -0.39 is 0 Å². The number of aryl methyl sites for hydroxylation is 1. The molecule has 1 aromatic heterocycles. The highest BCUT2D eigenvalue weighted by molar-refractivity contribution is 5.93. The van der Waals surface area contributed by atoms with E-state index >= 15 is 0 Å². The van der Waals surface area contributed by atoms with Crippen LogP contribution in [-0.4, -0.2) is 17.6 Å². The first-order valence-electron chi connectivity index (χ1n) is 6.94. The summed E-state index contributed by atoms with van der Waals surface area (Å²) in [5, 5.41) is 2.92. The fourth-order valence-electron chi connectivity index (χ4n) is 2.25. The van der Waals surface area contributed by atoms with Crippen LogP contribution >= 0.6 is 0 Å². The van der Waals surface area contributed by atoms with Gasteiger partial charge >= 0.3 is 0 Å². The molecular formula is C16H21N3O2. The van der Waals surface area contributed by atoms with Crippen molar-refractivity contribution in [1.82, 2.24) is 9.88 Å². The summed E-state index contributed by atoms with van der Waals surface area (Å²) in [5.41, 5.74) is 9.06. The monoisotopic (exact) mass is 287 g/mol. The summed E-state index contributed by atoms with van der Waals surface area (Å²) in [6.45, 7) is 3.73. The first-order chi connectivity index (χ1) is 10.1. The van der Waals surface area contributed by atoms with Crippen molar-refractivity contribution in [3.63, 3.8) is 0 Å². The molecule has 2 aromatic rings. The van der Waals surface area contributed by atoms with Gasteiger partial charge in [0.05, 0.1) is 12.3 Å². The Bertz CT molecular complexity index is 620. The highest BCUT2D eigenvalue weighted by Gasteiger charge is 2.11. The topological polar surface area (TPSA) is 69.3 Å². The predicted octanol–water partition coefficient (Wildman–Crippen LogP) is 2.17. The number of nitrogens with zero attached hydrogens (tertiary/aromatic N) is 1. The van der Waals surface area contributed by atoms with Crippen LogP contribution in [0.5, 0.6) is 0 Å². The summed E-state index contributed by atoms with van der Waals surface area (Å²) in [5.74, 6) is -0.120. The minimum Gasteiger partial charge on any atom is -0.397 e. The van der Waals surface area contributed by atoms with Crippen LogP contribution in [0.4, 0.5) is 5.69 Å². The lowest BCUT2D eigenvalue weighted by atomic mass is 10.1. The van der Waals surface area contributed by atoms with Gasteiger partial charge in [-0.1, -0.05) is 24.3 Å². The molecule has 0 unspecified atom stereocenters. The molecule has 0 aliphatic heterocycles. The molecule has 0 radical (unpaired) electrons. The Morgan fingerprint density at radius 2 is 2.10 bits per heavy atom. The maximum Gasteiger partial charge on any atom is 0.268 e. The number of ether oxygens (including phenoxy) is 1. The zero-order valence-electron chi connectivity index (χ0n) is 12.4. The number of aromatic nitrogens is 1. The molecule has 21 heavy (non-hydrogen) atoms. The second-order valence-electron chi connectivity index (χ2n) is 4.88. The van der Waals surface area contributed by atoms with Gasteiger partial charge in [0.2, 0.25) is 0 Å². The van der Waals surface area contributed by atoms with E-state index in [9.17, 15) is 4.79 Å². The van der Waals surface area contributed by atoms with E-state index in [1.165, 1.54) is 0 Å². The third-order valence-electron chi connectivity index (χ3n) is 3.25. The lowest BCUT2D eigenvalue weighted by molar-refractivity contribution is 0.0941. The molecule has 0 bridgehead atoms. The highest BCUT2D eigenvalue weighted by atomic mass is 16.5. The van der Waals surface area contributed by atoms with Crippen LogP contribution in [0.1, 0.15) is 28.5 Å². The highest BCUT2D eigenvalue weighted by Crippen LogP contribution is 2.11. The summed E-state index contributed by atoms with van der Waals surface area (Å²) in [6.07, 6.45) is 1.77. The number of nitrogen functional groups attached to an aromatic ring is 1. The van der Waals surface area contributed by atoms with E-state index in [0.717, 1.165) is 11.1 Å². The van der Waals surface area contributed by atoms with E-state index in [2.05, 4.69) is 5.32 Å². The Morgan fingerprint density at radius 1 is 1.33 bits per heavy atom. The van der Waals surface area contributed by atoms with Crippen molar-refractivity contribution in [1.29, 1.82) is 0 Å². The first-order valence-corrected chi connectivity index (χ1v) is 6.94. The molecule has 2 rings (SSSR count). The molecule has 3 N–H and O–H groups in total. The molecule has 1 amide bonds. The number of amides is 1. The van der Waals surface area contributed by atoms with Gasteiger partial charge in [0, 0.05) is 26.4 Å². The standard InChI is InChI=1S/C16H21N3O2/c1-3-19-10-14(17)8-15(19)16(20)18-9-12-5-4-6-13(7-12)11-21-2/h4-8,10H,3,9,11,17H2,1-2H3,(H,18,20). The smallest absolute Gasteiger partial charge is 0.268 e. The van der Waals surface area contributed by atoms with Crippen LogP contribution in [0.15, 0.2) is 36.5 Å². The van der Waals surface area contributed by atoms with Gasteiger partial charge in [-0.2, -0.15) is 0 Å². The number of anilines is 1. The van der Waals surface area contributed by atoms with E-state index in [1.54, 1.807) is 19.4 Å². The molecule has 0 aliphatic carbocycles. The Labute approximate surface area is 124 Å². The number of methoxy groups -OCH3 is 1. The molecule has 5 heteroatoms. The molecular weight excluding hydrogens is 266 g/mol. The van der Waals surface area contributed by atoms with Crippen molar-refractivity contribution < 1.29 is 9.53 Å². The Balaban J connectivity index is 2.02. The van der Waals surface area contributed by atoms with E-state index in [-0.39, 0.29) is 5.91 Å². The minimum absolute atomic E-state index is 0.120. The van der Waals surface area contributed by atoms with Crippen molar-refractivity contribution in [2.24, 2.45) is 0 Å². The van der Waals surface area contributed by atoms with Gasteiger partial charge in [0.15, 0.2) is 0 Å². The van der Waals surface area contributed by atoms with Gasteiger partial charge in [-0.3, -0.25) is 4.79 Å². The molecule has 1 aromatic carbocycles. The third-order valence-corrected chi connectivity index (χ3v) is 3.25. The normalized spacial score (nSPS) is 10.6. The van der Waals surface area contributed by atoms with Crippen molar-refractivity contribution >= 4 is 11.6 Å². The fourth-order valence-corrected chi connectivity index (χ4v) is 2.25. The lowest BCUT2D eigenvalue weighted by Crippen LogP contribution is -2.25. The largest absolute Gasteiger partial charge is 0.397 e. The summed E-state index contributed by atoms with van der Waals surface area (Å²) >= 11 is 0. The second-order valence-corrected chi connectivity index (χ2v) is 4.88. The maximum atomic E-state index is 12.2. The van der Waals surface area contributed by atoms with Crippen molar-refractivity contribution in [3.05, 3.63) is 53.3 Å². The van der Waals surface area contributed by atoms with Gasteiger partial charge in [-0.05, 0) is 24.1 Å². The summed E-state index contributed by atoms with van der Waals surface area (Å²) < 4.78 is 6.95. The molecule has 5 nitrogen and oxygen atoms in total. The van der Waals surface area contributed by atoms with E-state index in [0.29, 0.717) is 31.1 Å². The van der Waals surface area contributed by atoms with Crippen molar-refractivity contribution in [2.75, 3.05) is 12.8 Å².